The van der Waals surface area contributed by atoms with Crippen molar-refractivity contribution >= 4 is 23.9 Å². The maximum atomic E-state index is 10.3. The Labute approximate surface area is 121 Å². The highest BCUT2D eigenvalue weighted by atomic mass is 16.5. The predicted octanol–water partition coefficient (Wildman–Crippen LogP) is 0.125. The molecule has 9 heteroatoms. The molecule has 4 N–H and O–H groups in total. The molecular formula is C12H20O9. The maximum Gasteiger partial charge on any atom is 0.330 e. The van der Waals surface area contributed by atoms with Crippen LogP contribution in [0.5, 0.6) is 0 Å². The third-order valence-electron chi connectivity index (χ3n) is 1.27. The van der Waals surface area contributed by atoms with Gasteiger partial charge in [-0.25, -0.2) is 4.79 Å². The molecule has 0 bridgehead atoms. The number of carboxylic acid groups (broad SMARTS) is 3. The largest absolute Gasteiger partial charge is 0.481 e. The summed E-state index contributed by atoms with van der Waals surface area (Å²) in [4.78, 5) is 38.5. The predicted molar refractivity (Wildman–Crippen MR) is 70.7 cm³/mol. The number of carbonyl (C=O) groups is 4. The van der Waals surface area contributed by atoms with Crippen LogP contribution in [0.1, 0.15) is 26.2 Å². The van der Waals surface area contributed by atoms with E-state index >= 15 is 0 Å². The summed E-state index contributed by atoms with van der Waals surface area (Å²) in [5.41, 5.74) is 0. The highest BCUT2D eigenvalue weighted by molar-refractivity contribution is 5.81. The third-order valence-corrected chi connectivity index (χ3v) is 1.27. The van der Waals surface area contributed by atoms with Crippen LogP contribution in [0.2, 0.25) is 0 Å². The maximum absolute atomic E-state index is 10.3. The number of rotatable bonds is 7. The second kappa shape index (κ2) is 17.6. The van der Waals surface area contributed by atoms with E-state index in [2.05, 4.69) is 11.3 Å². The topological polar surface area (TPSA) is 158 Å². The van der Waals surface area contributed by atoms with Gasteiger partial charge in [0.25, 0.3) is 5.97 Å². The van der Waals surface area contributed by atoms with E-state index in [1.54, 1.807) is 0 Å². The first-order valence-electron chi connectivity index (χ1n) is 5.70. The van der Waals surface area contributed by atoms with Crippen LogP contribution >= 0.6 is 0 Å². The van der Waals surface area contributed by atoms with Gasteiger partial charge in [-0.05, 0) is 0 Å². The zero-order valence-corrected chi connectivity index (χ0v) is 11.7. The number of hydrogen-bond acceptors (Lipinski definition) is 6. The number of carbonyl (C=O) groups excluding carboxylic acids is 1. The number of aliphatic hydroxyl groups is 1. The summed E-state index contributed by atoms with van der Waals surface area (Å²) in [5.74, 6) is -3.43. The summed E-state index contributed by atoms with van der Waals surface area (Å²) in [6, 6.07) is 0. The molecule has 0 aromatic rings. The van der Waals surface area contributed by atoms with E-state index in [0.717, 1.165) is 13.0 Å². The standard InChI is InChI=1S/C6H10O3.C4H6O4.C2H4O2/c1-2-6(8)9-5-3-4-7;5-3(6)1-2-4(7)8;1-2(3)4/h2,7H,1,3-5H2;1-2H2,(H,5,6)(H,7,8);1H3,(H,3,4). The summed E-state index contributed by atoms with van der Waals surface area (Å²) >= 11 is 0. The van der Waals surface area contributed by atoms with Gasteiger partial charge in [0.15, 0.2) is 0 Å². The van der Waals surface area contributed by atoms with Crippen molar-refractivity contribution in [3.63, 3.8) is 0 Å². The monoisotopic (exact) mass is 308 g/mol. The van der Waals surface area contributed by atoms with Gasteiger partial charge in [0.05, 0.1) is 19.4 Å². The molecule has 0 atom stereocenters. The Kier molecular flexibility index (Phi) is 19.8. The lowest BCUT2D eigenvalue weighted by molar-refractivity contribution is -0.143. The molecule has 0 unspecified atom stereocenters. The summed E-state index contributed by atoms with van der Waals surface area (Å²) in [6.07, 6.45) is 0.988. The van der Waals surface area contributed by atoms with Gasteiger partial charge in [-0.3, -0.25) is 14.4 Å². The van der Waals surface area contributed by atoms with E-state index in [9.17, 15) is 14.4 Å². The minimum Gasteiger partial charge on any atom is -0.481 e. The highest BCUT2D eigenvalue weighted by Gasteiger charge is 2.00. The number of aliphatic carboxylic acids is 3. The zero-order chi connectivity index (χ0) is 17.3. The Hall–Kier alpha value is -2.42. The molecule has 0 amide bonds. The minimum absolute atomic E-state index is 0.0461. The molecule has 0 aliphatic rings. The van der Waals surface area contributed by atoms with Gasteiger partial charge in [0.2, 0.25) is 0 Å². The fraction of sp³-hybridized carbons (Fsp3) is 0.500. The van der Waals surface area contributed by atoms with Crippen LogP contribution in [0.25, 0.3) is 0 Å². The first kappa shape index (κ1) is 23.7. The van der Waals surface area contributed by atoms with Crippen LogP contribution in [0.3, 0.4) is 0 Å². The van der Waals surface area contributed by atoms with Crippen molar-refractivity contribution < 1.29 is 44.3 Å². The lowest BCUT2D eigenvalue weighted by atomic mass is 10.3. The molecule has 0 fully saturated rings. The Bertz CT molecular complexity index is 318. The number of ether oxygens (including phenoxy) is 1. The van der Waals surface area contributed by atoms with Crippen LogP contribution in [0.4, 0.5) is 0 Å². The van der Waals surface area contributed by atoms with Crippen molar-refractivity contribution in [1.82, 2.24) is 0 Å². The van der Waals surface area contributed by atoms with Crippen molar-refractivity contribution in [3.8, 4) is 0 Å². The van der Waals surface area contributed by atoms with E-state index in [-0.39, 0.29) is 26.1 Å². The van der Waals surface area contributed by atoms with E-state index in [4.69, 9.17) is 25.2 Å². The van der Waals surface area contributed by atoms with Gasteiger partial charge in [-0.2, -0.15) is 0 Å². The normalized spacial score (nSPS) is 8.10. The molecule has 0 saturated heterocycles. The molecule has 0 radical (unpaired) electrons. The second-order valence-corrected chi connectivity index (χ2v) is 3.26. The van der Waals surface area contributed by atoms with E-state index in [1.165, 1.54) is 0 Å². The average Bonchev–Trinajstić information content (AvgIpc) is 2.36. The van der Waals surface area contributed by atoms with Crippen LogP contribution in [-0.4, -0.2) is 57.5 Å². The molecule has 122 valence electrons. The Balaban J connectivity index is -0.000000249. The number of aliphatic hydroxyl groups excluding tert-OH is 1. The number of carboxylic acids is 3. The highest BCUT2D eigenvalue weighted by Crippen LogP contribution is 1.86. The van der Waals surface area contributed by atoms with Crippen LogP contribution < -0.4 is 0 Å². The molecule has 0 aliphatic carbocycles. The molecule has 0 aromatic carbocycles. The van der Waals surface area contributed by atoms with Crippen LogP contribution in [-0.2, 0) is 23.9 Å². The van der Waals surface area contributed by atoms with Gasteiger partial charge < -0.3 is 25.2 Å². The van der Waals surface area contributed by atoms with Gasteiger partial charge in [0, 0.05) is 26.0 Å². The summed E-state index contributed by atoms with van der Waals surface area (Å²) < 4.78 is 4.51. The van der Waals surface area contributed by atoms with Gasteiger partial charge in [-0.15, -0.1) is 0 Å². The van der Waals surface area contributed by atoms with Crippen molar-refractivity contribution in [1.29, 1.82) is 0 Å². The fourth-order valence-electron chi connectivity index (χ4n) is 0.510. The lowest BCUT2D eigenvalue weighted by Crippen LogP contribution is -2.02. The molecule has 0 aromatic heterocycles. The molecule has 9 nitrogen and oxygen atoms in total. The van der Waals surface area contributed by atoms with Crippen molar-refractivity contribution in [2.45, 2.75) is 26.2 Å². The SMILES string of the molecule is C=CC(=O)OCCCO.CC(=O)O.O=C(O)CCC(=O)O. The Morgan fingerprint density at radius 2 is 1.43 bits per heavy atom. The summed E-state index contributed by atoms with van der Waals surface area (Å²) in [7, 11) is 0. The number of hydrogen-bond donors (Lipinski definition) is 4. The first-order chi connectivity index (χ1) is 9.67. The Morgan fingerprint density at radius 1 is 1.05 bits per heavy atom. The third kappa shape index (κ3) is 46.5. The molecule has 0 saturated carbocycles. The molecule has 0 heterocycles. The molecule has 0 rings (SSSR count). The minimum atomic E-state index is -1.08. The molecule has 0 spiro atoms. The molecule has 0 aliphatic heterocycles. The first-order valence-corrected chi connectivity index (χ1v) is 5.70. The van der Waals surface area contributed by atoms with Gasteiger partial charge in [0.1, 0.15) is 0 Å². The fourth-order valence-corrected chi connectivity index (χ4v) is 0.510. The van der Waals surface area contributed by atoms with Crippen molar-refractivity contribution in [2.75, 3.05) is 13.2 Å². The average molecular weight is 308 g/mol. The molecular weight excluding hydrogens is 288 g/mol. The van der Waals surface area contributed by atoms with Gasteiger partial charge >= 0.3 is 17.9 Å². The summed E-state index contributed by atoms with van der Waals surface area (Å²) in [5, 5.41) is 31.4. The van der Waals surface area contributed by atoms with Crippen LogP contribution in [0.15, 0.2) is 12.7 Å². The van der Waals surface area contributed by atoms with E-state index in [1.807, 2.05) is 0 Å². The van der Waals surface area contributed by atoms with Gasteiger partial charge in [-0.1, -0.05) is 6.58 Å². The molecule has 21 heavy (non-hydrogen) atoms. The van der Waals surface area contributed by atoms with Crippen LogP contribution in [0, 0.1) is 0 Å². The zero-order valence-electron chi connectivity index (χ0n) is 11.7. The van der Waals surface area contributed by atoms with E-state index in [0.29, 0.717) is 6.42 Å². The smallest absolute Gasteiger partial charge is 0.330 e. The van der Waals surface area contributed by atoms with Crippen molar-refractivity contribution in [2.24, 2.45) is 0 Å². The Morgan fingerprint density at radius 3 is 1.67 bits per heavy atom. The van der Waals surface area contributed by atoms with E-state index < -0.39 is 23.9 Å². The summed E-state index contributed by atoms with van der Waals surface area (Å²) in [6.45, 7) is 4.60. The van der Waals surface area contributed by atoms with Crippen molar-refractivity contribution in [3.05, 3.63) is 12.7 Å². The second-order valence-electron chi connectivity index (χ2n) is 3.26. The quantitative estimate of drug-likeness (QED) is 0.291. The lowest BCUT2D eigenvalue weighted by Gasteiger charge is -1.96. The number of esters is 1.